The minimum absolute atomic E-state index is 0.733. The zero-order chi connectivity index (χ0) is 28.6. The third kappa shape index (κ3) is 4.80. The van der Waals surface area contributed by atoms with Gasteiger partial charge in [0.05, 0.1) is 11.4 Å². The summed E-state index contributed by atoms with van der Waals surface area (Å²) >= 11 is 1.82. The van der Waals surface area contributed by atoms with Crippen LogP contribution in [0.5, 0.6) is 0 Å². The lowest BCUT2D eigenvalue weighted by Crippen LogP contribution is -1.97. The molecule has 0 aliphatic carbocycles. The van der Waals surface area contributed by atoms with Crippen LogP contribution < -0.4 is 0 Å². The molecule has 0 fully saturated rings. The van der Waals surface area contributed by atoms with Gasteiger partial charge in [0.25, 0.3) is 0 Å². The Labute approximate surface area is 254 Å². The van der Waals surface area contributed by atoms with Gasteiger partial charge >= 0.3 is 0 Å². The van der Waals surface area contributed by atoms with Crippen molar-refractivity contribution < 1.29 is 0 Å². The van der Waals surface area contributed by atoms with Crippen LogP contribution in [0.3, 0.4) is 0 Å². The summed E-state index contributed by atoms with van der Waals surface area (Å²) in [5.74, 6) is 0.733. The highest BCUT2D eigenvalue weighted by Gasteiger charge is 2.17. The molecule has 2 aromatic heterocycles. The number of fused-ring (bicyclic) bond motifs is 3. The van der Waals surface area contributed by atoms with E-state index in [0.29, 0.717) is 0 Å². The lowest BCUT2D eigenvalue weighted by atomic mass is 9.94. The van der Waals surface area contributed by atoms with Crippen molar-refractivity contribution in [2.75, 3.05) is 0 Å². The summed E-state index contributed by atoms with van der Waals surface area (Å²) in [7, 11) is 0. The minimum atomic E-state index is 0.733. The number of thiophene rings is 1. The molecule has 8 aromatic rings. The first-order chi connectivity index (χ1) is 21.3. The summed E-state index contributed by atoms with van der Waals surface area (Å²) < 4.78 is 2.51. The molecule has 8 rings (SSSR count). The fourth-order valence-corrected chi connectivity index (χ4v) is 6.94. The minimum Gasteiger partial charge on any atom is -0.228 e. The Morgan fingerprint density at radius 2 is 0.884 bits per heavy atom. The number of aromatic nitrogens is 2. The van der Waals surface area contributed by atoms with Crippen LogP contribution in [0.2, 0.25) is 0 Å². The second-order valence-corrected chi connectivity index (χ2v) is 11.7. The Morgan fingerprint density at radius 1 is 0.372 bits per heavy atom. The van der Waals surface area contributed by atoms with Crippen LogP contribution in [0, 0.1) is 0 Å². The smallest absolute Gasteiger partial charge is 0.161 e. The molecule has 0 saturated heterocycles. The van der Waals surface area contributed by atoms with Crippen molar-refractivity contribution in [3.8, 4) is 56.2 Å². The van der Waals surface area contributed by atoms with Crippen LogP contribution >= 0.6 is 11.3 Å². The molecule has 0 unspecified atom stereocenters. The molecule has 43 heavy (non-hydrogen) atoms. The van der Waals surface area contributed by atoms with Crippen LogP contribution in [0.4, 0.5) is 0 Å². The van der Waals surface area contributed by atoms with Crippen molar-refractivity contribution in [1.29, 1.82) is 0 Å². The highest BCUT2D eigenvalue weighted by atomic mass is 32.1. The van der Waals surface area contributed by atoms with Crippen LogP contribution in [0.1, 0.15) is 0 Å². The summed E-state index contributed by atoms with van der Waals surface area (Å²) in [5, 5.41) is 2.45. The molecule has 2 heterocycles. The molecule has 202 valence electrons. The fourth-order valence-electron chi connectivity index (χ4n) is 5.80. The van der Waals surface area contributed by atoms with Gasteiger partial charge in [0, 0.05) is 36.9 Å². The highest BCUT2D eigenvalue weighted by molar-refractivity contribution is 7.25. The van der Waals surface area contributed by atoms with E-state index < -0.39 is 0 Å². The van der Waals surface area contributed by atoms with Gasteiger partial charge in [-0.15, -0.1) is 11.3 Å². The van der Waals surface area contributed by atoms with E-state index in [1.165, 1.54) is 31.3 Å². The van der Waals surface area contributed by atoms with Crippen molar-refractivity contribution in [3.05, 3.63) is 158 Å². The zero-order valence-corrected chi connectivity index (χ0v) is 24.1. The second-order valence-electron chi connectivity index (χ2n) is 10.6. The predicted octanol–water partition coefficient (Wildman–Crippen LogP) is 11.2. The molecule has 0 aliphatic heterocycles. The molecular weight excluding hydrogens is 541 g/mol. The normalized spacial score (nSPS) is 11.3. The fraction of sp³-hybridized carbons (Fsp3) is 0. The Hall–Kier alpha value is -5.38. The predicted molar refractivity (Wildman–Crippen MR) is 182 cm³/mol. The van der Waals surface area contributed by atoms with Gasteiger partial charge in [-0.25, -0.2) is 9.97 Å². The molecule has 0 bridgehead atoms. The first-order valence-corrected chi connectivity index (χ1v) is 15.2. The van der Waals surface area contributed by atoms with Gasteiger partial charge in [-0.2, -0.15) is 0 Å². The number of rotatable bonds is 5. The SMILES string of the molecule is c1ccc(-c2cc(-c3ccccc3)cc(-c3cc(-c4ccccc4)nc(-c4cccc5sc6ccccc6c45)n3)c2)cc1. The highest BCUT2D eigenvalue weighted by Crippen LogP contribution is 2.40. The molecule has 6 aromatic carbocycles. The molecule has 0 spiro atoms. The van der Waals surface area contributed by atoms with Crippen molar-refractivity contribution >= 4 is 31.5 Å². The van der Waals surface area contributed by atoms with E-state index in [9.17, 15) is 0 Å². The Balaban J connectivity index is 1.40. The summed E-state index contributed by atoms with van der Waals surface area (Å²) in [6, 6.07) is 55.5. The van der Waals surface area contributed by atoms with E-state index in [-0.39, 0.29) is 0 Å². The van der Waals surface area contributed by atoms with Gasteiger partial charge in [-0.05, 0) is 58.7 Å². The van der Waals surface area contributed by atoms with Gasteiger partial charge in [0.15, 0.2) is 5.82 Å². The van der Waals surface area contributed by atoms with Crippen LogP contribution in [0.15, 0.2) is 158 Å². The Kier molecular flexibility index (Phi) is 6.36. The standard InChI is InChI=1S/C40H26N2S/c1-4-13-27(14-5-1)30-23-31(28-15-6-2-7-16-28)25-32(24-30)36-26-35(29-17-8-3-9-18-29)41-40(42-36)34-20-12-22-38-39(34)33-19-10-11-21-37(33)43-38/h1-26H. The maximum atomic E-state index is 5.30. The van der Waals surface area contributed by atoms with E-state index in [1.54, 1.807) is 0 Å². The molecule has 3 heteroatoms. The van der Waals surface area contributed by atoms with Crippen molar-refractivity contribution in [1.82, 2.24) is 9.97 Å². The molecule has 2 nitrogen and oxygen atoms in total. The number of benzene rings is 6. The zero-order valence-electron chi connectivity index (χ0n) is 23.3. The molecule has 0 atom stereocenters. The molecular formula is C40H26N2S. The average Bonchev–Trinajstić information content (AvgIpc) is 3.48. The van der Waals surface area contributed by atoms with Crippen LogP contribution in [-0.2, 0) is 0 Å². The third-order valence-electron chi connectivity index (χ3n) is 7.88. The Bertz CT molecular complexity index is 2160. The monoisotopic (exact) mass is 566 g/mol. The van der Waals surface area contributed by atoms with E-state index in [1.807, 2.05) is 17.4 Å². The van der Waals surface area contributed by atoms with Crippen LogP contribution in [-0.4, -0.2) is 9.97 Å². The van der Waals surface area contributed by atoms with E-state index in [0.717, 1.165) is 45.0 Å². The van der Waals surface area contributed by atoms with E-state index in [2.05, 4.69) is 152 Å². The van der Waals surface area contributed by atoms with Crippen molar-refractivity contribution in [3.63, 3.8) is 0 Å². The summed E-state index contributed by atoms with van der Waals surface area (Å²) in [4.78, 5) is 10.5. The van der Waals surface area contributed by atoms with E-state index >= 15 is 0 Å². The number of nitrogens with zero attached hydrogens (tertiary/aromatic N) is 2. The van der Waals surface area contributed by atoms with Gasteiger partial charge in [-0.1, -0.05) is 121 Å². The van der Waals surface area contributed by atoms with Gasteiger partial charge in [0.2, 0.25) is 0 Å². The first-order valence-electron chi connectivity index (χ1n) is 14.4. The maximum Gasteiger partial charge on any atom is 0.161 e. The topological polar surface area (TPSA) is 25.8 Å². The lowest BCUT2D eigenvalue weighted by molar-refractivity contribution is 1.19. The summed E-state index contributed by atoms with van der Waals surface area (Å²) in [6.07, 6.45) is 0. The van der Waals surface area contributed by atoms with Gasteiger partial charge in [0.1, 0.15) is 0 Å². The molecule has 0 saturated carbocycles. The number of hydrogen-bond donors (Lipinski definition) is 0. The largest absolute Gasteiger partial charge is 0.228 e. The quantitative estimate of drug-likeness (QED) is 0.207. The van der Waals surface area contributed by atoms with E-state index in [4.69, 9.17) is 9.97 Å². The third-order valence-corrected chi connectivity index (χ3v) is 9.02. The first kappa shape index (κ1) is 25.3. The lowest BCUT2D eigenvalue weighted by Gasteiger charge is -2.13. The second kappa shape index (κ2) is 10.8. The molecule has 0 aliphatic rings. The Morgan fingerprint density at radius 3 is 1.53 bits per heavy atom. The van der Waals surface area contributed by atoms with Crippen molar-refractivity contribution in [2.24, 2.45) is 0 Å². The summed E-state index contributed by atoms with van der Waals surface area (Å²) in [6.45, 7) is 0. The molecule has 0 radical (unpaired) electrons. The van der Waals surface area contributed by atoms with Crippen LogP contribution in [0.25, 0.3) is 76.3 Å². The summed E-state index contributed by atoms with van der Waals surface area (Å²) in [5.41, 5.74) is 9.65. The maximum absolute atomic E-state index is 5.30. The molecule has 0 N–H and O–H groups in total. The number of hydrogen-bond acceptors (Lipinski definition) is 3. The average molecular weight is 567 g/mol. The molecule has 0 amide bonds. The van der Waals surface area contributed by atoms with Gasteiger partial charge in [-0.3, -0.25) is 0 Å². The van der Waals surface area contributed by atoms with Crippen molar-refractivity contribution in [2.45, 2.75) is 0 Å². The van der Waals surface area contributed by atoms with Gasteiger partial charge < -0.3 is 0 Å².